The van der Waals surface area contributed by atoms with Crippen molar-refractivity contribution < 1.29 is 14.7 Å². The molecule has 0 spiro atoms. The Kier molecular flexibility index (Phi) is 9.98. The molecular weight excluding hydrogens is 715 g/mol. The number of nitrogens with zero attached hydrogens (tertiary/aromatic N) is 1. The Morgan fingerprint density at radius 3 is 1.52 bits per heavy atom. The summed E-state index contributed by atoms with van der Waals surface area (Å²) >= 11 is 0. The molecule has 290 valence electrons. The van der Waals surface area contributed by atoms with E-state index >= 15 is 0 Å². The molecular formula is C52H49N3O3. The second kappa shape index (κ2) is 15.1. The zero-order valence-electron chi connectivity index (χ0n) is 33.8. The number of fused-ring (bicyclic) bond motifs is 6. The van der Waals surface area contributed by atoms with E-state index in [1.165, 1.54) is 50.6 Å². The Labute approximate surface area is 341 Å². The van der Waals surface area contributed by atoms with E-state index in [4.69, 9.17) is 5.41 Å². The second-order valence-electron chi connectivity index (χ2n) is 15.6. The van der Waals surface area contributed by atoms with Gasteiger partial charge >= 0.3 is 5.97 Å². The van der Waals surface area contributed by atoms with E-state index in [2.05, 4.69) is 123 Å². The summed E-state index contributed by atoms with van der Waals surface area (Å²) in [5, 5.41) is 20.9. The molecule has 6 aromatic rings. The van der Waals surface area contributed by atoms with Gasteiger partial charge in [0, 0.05) is 33.6 Å². The third-order valence-corrected chi connectivity index (χ3v) is 12.9. The zero-order chi connectivity index (χ0) is 40.8. The minimum Gasteiger partial charge on any atom is -0.477 e. The first kappa shape index (κ1) is 38.3. The number of amides is 1. The van der Waals surface area contributed by atoms with Gasteiger partial charge in [-0.1, -0.05) is 118 Å². The maximum absolute atomic E-state index is 13.5. The van der Waals surface area contributed by atoms with Crippen molar-refractivity contribution in [3.05, 3.63) is 172 Å². The second-order valence-corrected chi connectivity index (χ2v) is 15.6. The summed E-state index contributed by atoms with van der Waals surface area (Å²) < 4.78 is 0. The number of nitrogens with one attached hydrogen (secondary N) is 2. The smallest absolute Gasteiger partial charge is 0.354 e. The van der Waals surface area contributed by atoms with E-state index in [0.717, 1.165) is 48.3 Å². The molecule has 3 N–H and O–H groups in total. The minimum absolute atomic E-state index is 0.106. The van der Waals surface area contributed by atoms with E-state index in [-0.39, 0.29) is 16.4 Å². The molecule has 1 amide bonds. The number of carbonyl (C=O) groups is 2. The van der Waals surface area contributed by atoms with Gasteiger partial charge in [0.25, 0.3) is 5.91 Å². The molecule has 8 rings (SSSR count). The number of hydrogen-bond donors (Lipinski definition) is 3. The van der Waals surface area contributed by atoms with Crippen molar-refractivity contribution in [1.82, 2.24) is 0 Å². The monoisotopic (exact) mass is 763 g/mol. The van der Waals surface area contributed by atoms with Crippen LogP contribution in [0.3, 0.4) is 0 Å². The third-order valence-electron chi connectivity index (χ3n) is 12.9. The van der Waals surface area contributed by atoms with Gasteiger partial charge in [-0.3, -0.25) is 10.2 Å². The highest BCUT2D eigenvalue weighted by atomic mass is 16.4. The van der Waals surface area contributed by atoms with E-state index in [1.54, 1.807) is 12.1 Å². The summed E-state index contributed by atoms with van der Waals surface area (Å²) in [4.78, 5) is 27.8. The molecule has 0 saturated heterocycles. The zero-order valence-corrected chi connectivity index (χ0v) is 33.8. The first-order valence-corrected chi connectivity index (χ1v) is 20.4. The van der Waals surface area contributed by atoms with Gasteiger partial charge in [0.15, 0.2) is 5.71 Å². The van der Waals surface area contributed by atoms with E-state index < -0.39 is 17.6 Å². The minimum atomic E-state index is -1.48. The van der Waals surface area contributed by atoms with E-state index in [0.29, 0.717) is 11.3 Å². The SMILES string of the molecule is CCC1(CC)c2ccccc2-c2ccc(N(c3ccc(/C=C(/C(=N)C(=O)O)C(=O)Nc4ccc(C)cc4)cc3)c3ccc4c(c3)C(CC)(CC)c3ccccc3-4)cc21. The fourth-order valence-electron chi connectivity index (χ4n) is 9.72. The van der Waals surface area contributed by atoms with Crippen LogP contribution in [-0.2, 0) is 20.4 Å². The first-order chi connectivity index (χ1) is 28.1. The van der Waals surface area contributed by atoms with Crippen molar-refractivity contribution >= 4 is 46.4 Å². The molecule has 0 radical (unpaired) electrons. The lowest BCUT2D eigenvalue weighted by atomic mass is 9.73. The summed E-state index contributed by atoms with van der Waals surface area (Å²) in [6.07, 6.45) is 5.40. The molecule has 0 heterocycles. The van der Waals surface area contributed by atoms with E-state index in [1.807, 2.05) is 43.3 Å². The van der Waals surface area contributed by atoms with Gasteiger partial charge in [0.2, 0.25) is 0 Å². The fourth-order valence-corrected chi connectivity index (χ4v) is 9.72. The Hall–Kier alpha value is -6.53. The maximum atomic E-state index is 13.5. The summed E-state index contributed by atoms with van der Waals surface area (Å²) in [5.74, 6) is -2.14. The fraction of sp³-hybridized carbons (Fsp3) is 0.212. The van der Waals surface area contributed by atoms with Crippen LogP contribution in [0.15, 0.2) is 139 Å². The highest BCUT2D eigenvalue weighted by molar-refractivity contribution is 6.50. The molecule has 0 aliphatic heterocycles. The summed E-state index contributed by atoms with van der Waals surface area (Å²) in [6, 6.07) is 46.4. The number of rotatable bonds is 12. The lowest BCUT2D eigenvalue weighted by Crippen LogP contribution is -2.25. The molecule has 0 saturated carbocycles. The quantitative estimate of drug-likeness (QED) is 0.0854. The van der Waals surface area contributed by atoms with Crippen molar-refractivity contribution in [3.8, 4) is 22.3 Å². The molecule has 58 heavy (non-hydrogen) atoms. The number of aliphatic carboxylic acids is 1. The van der Waals surface area contributed by atoms with Crippen LogP contribution in [0.2, 0.25) is 0 Å². The summed E-state index contributed by atoms with van der Waals surface area (Å²) in [7, 11) is 0. The van der Waals surface area contributed by atoms with Gasteiger partial charge in [0.05, 0.1) is 5.57 Å². The Morgan fingerprint density at radius 2 is 1.05 bits per heavy atom. The third kappa shape index (κ3) is 6.15. The highest BCUT2D eigenvalue weighted by Crippen LogP contribution is 2.56. The molecule has 0 bridgehead atoms. The number of carboxylic acid groups (broad SMARTS) is 1. The summed E-state index contributed by atoms with van der Waals surface area (Å²) in [6.45, 7) is 11.1. The van der Waals surface area contributed by atoms with Crippen molar-refractivity contribution in [2.45, 2.75) is 71.1 Å². The van der Waals surface area contributed by atoms with Crippen molar-refractivity contribution in [1.29, 1.82) is 5.41 Å². The number of hydrogen-bond acceptors (Lipinski definition) is 4. The van der Waals surface area contributed by atoms with Gasteiger partial charge in [0.1, 0.15) is 0 Å². The normalized spacial score (nSPS) is 14.2. The van der Waals surface area contributed by atoms with Crippen LogP contribution < -0.4 is 10.2 Å². The molecule has 2 aliphatic carbocycles. The molecule has 6 heteroatoms. The van der Waals surface area contributed by atoms with Crippen LogP contribution in [0.1, 0.15) is 86.8 Å². The molecule has 6 aromatic carbocycles. The van der Waals surface area contributed by atoms with Gasteiger partial charge in [-0.05, 0) is 137 Å². The van der Waals surface area contributed by atoms with Crippen molar-refractivity contribution in [3.63, 3.8) is 0 Å². The Balaban J connectivity index is 1.26. The summed E-state index contributed by atoms with van der Waals surface area (Å²) in [5.41, 5.74) is 14.5. The lowest BCUT2D eigenvalue weighted by Gasteiger charge is -2.33. The molecule has 0 unspecified atom stereocenters. The molecule has 0 aromatic heterocycles. The molecule has 2 aliphatic rings. The number of carbonyl (C=O) groups excluding carboxylic acids is 1. The van der Waals surface area contributed by atoms with Crippen LogP contribution in [0.25, 0.3) is 28.3 Å². The average molecular weight is 764 g/mol. The standard InChI is InChI=1S/C52H49N3O3/c1-6-51(7-2)44-16-12-10-14-39(44)41-28-26-37(31-46(41)51)55(38-27-29-42-40-15-11-13-17-45(40)52(8-3,9-4)47(42)32-38)36-24-20-34(21-25-36)30-43(48(53)50(57)58)49(56)54-35-22-18-33(5)19-23-35/h10-32,53H,6-9H2,1-5H3,(H,54,56)(H,57,58)/b43-30-,53-48?. The van der Waals surface area contributed by atoms with E-state index in [9.17, 15) is 14.7 Å². The first-order valence-electron chi connectivity index (χ1n) is 20.4. The van der Waals surface area contributed by atoms with Crippen LogP contribution in [0.4, 0.5) is 22.7 Å². The van der Waals surface area contributed by atoms with Gasteiger partial charge < -0.3 is 15.3 Å². The Bertz CT molecular complexity index is 2500. The van der Waals surface area contributed by atoms with Crippen LogP contribution in [0, 0.1) is 12.3 Å². The van der Waals surface area contributed by atoms with Crippen LogP contribution in [0.5, 0.6) is 0 Å². The largest absolute Gasteiger partial charge is 0.477 e. The van der Waals surface area contributed by atoms with Gasteiger partial charge in [-0.25, -0.2) is 4.79 Å². The Morgan fingerprint density at radius 1 is 0.603 bits per heavy atom. The molecule has 0 fully saturated rings. The van der Waals surface area contributed by atoms with Crippen molar-refractivity contribution in [2.75, 3.05) is 10.2 Å². The number of anilines is 4. The van der Waals surface area contributed by atoms with Crippen LogP contribution in [-0.4, -0.2) is 22.7 Å². The maximum Gasteiger partial charge on any atom is 0.354 e. The number of aryl methyl sites for hydroxylation is 1. The lowest BCUT2D eigenvalue weighted by molar-refractivity contribution is -0.129. The van der Waals surface area contributed by atoms with Crippen molar-refractivity contribution in [2.24, 2.45) is 0 Å². The number of carboxylic acids is 1. The average Bonchev–Trinajstić information content (AvgIpc) is 3.70. The highest BCUT2D eigenvalue weighted by Gasteiger charge is 2.42. The van der Waals surface area contributed by atoms with Gasteiger partial charge in [-0.15, -0.1) is 0 Å². The predicted molar refractivity (Wildman–Crippen MR) is 238 cm³/mol. The van der Waals surface area contributed by atoms with Crippen LogP contribution >= 0.6 is 0 Å². The number of benzene rings is 6. The molecule has 6 nitrogen and oxygen atoms in total. The van der Waals surface area contributed by atoms with Gasteiger partial charge in [-0.2, -0.15) is 0 Å². The predicted octanol–water partition coefficient (Wildman–Crippen LogP) is 12.8. The topological polar surface area (TPSA) is 93.5 Å². The molecule has 0 atom stereocenters.